The zero-order chi connectivity index (χ0) is 33.9. The first-order valence-corrected chi connectivity index (χ1v) is 18.6. The van der Waals surface area contributed by atoms with E-state index in [1.807, 2.05) is 0 Å². The number of hydrogen-bond acceptors (Lipinski definition) is 8. The van der Waals surface area contributed by atoms with Gasteiger partial charge in [0.15, 0.2) is 0 Å². The molecule has 0 radical (unpaired) electrons. The number of aliphatic hydroxyl groups excluding tert-OH is 2. The number of nitrogens with two attached hydrogens (primary N) is 1. The van der Waals surface area contributed by atoms with Crippen LogP contribution in [0.5, 0.6) is 0 Å². The first-order valence-electron chi connectivity index (χ1n) is 18.6. The fourth-order valence-corrected chi connectivity index (χ4v) is 11.5. The van der Waals surface area contributed by atoms with Gasteiger partial charge in [-0.05, 0) is 90.8 Å². The number of carbonyl (C=O) groups excluding carboxylic acids is 2. The molecule has 4 aliphatic rings. The molecule has 0 aromatic rings. The highest BCUT2D eigenvalue weighted by Gasteiger charge is 2.72. The summed E-state index contributed by atoms with van der Waals surface area (Å²) >= 11 is 0. The quantitative estimate of drug-likeness (QED) is 0.116. The first kappa shape index (κ1) is 37.6. The number of ether oxygens (including phenoxy) is 1. The molecular formula is C37H68N4O5. The van der Waals surface area contributed by atoms with Crippen molar-refractivity contribution in [1.82, 2.24) is 16.0 Å². The third kappa shape index (κ3) is 7.34. The molecule has 4 saturated carbocycles. The molecule has 3 unspecified atom stereocenters. The lowest BCUT2D eigenvalue weighted by molar-refractivity contribution is -0.239. The lowest BCUT2D eigenvalue weighted by Crippen LogP contribution is -2.66. The van der Waals surface area contributed by atoms with Gasteiger partial charge in [-0.25, -0.2) is 0 Å². The molecule has 46 heavy (non-hydrogen) atoms. The fraction of sp³-hybridized carbons (Fsp3) is 0.946. The maximum Gasteiger partial charge on any atom is 0.302 e. The van der Waals surface area contributed by atoms with Crippen LogP contribution >= 0.6 is 0 Å². The second-order valence-corrected chi connectivity index (χ2v) is 16.8. The van der Waals surface area contributed by atoms with Gasteiger partial charge in [-0.1, -0.05) is 54.4 Å². The Hall–Kier alpha value is -1.26. The molecule has 12 atom stereocenters. The molecule has 1 amide bonds. The Bertz CT molecular complexity index is 1030. The molecule has 0 aromatic carbocycles. The van der Waals surface area contributed by atoms with Crippen LogP contribution in [0.15, 0.2) is 0 Å². The Morgan fingerprint density at radius 2 is 1.59 bits per heavy atom. The zero-order valence-electron chi connectivity index (χ0n) is 30.1. The van der Waals surface area contributed by atoms with Crippen molar-refractivity contribution in [2.75, 3.05) is 39.3 Å². The van der Waals surface area contributed by atoms with Crippen LogP contribution in [0.25, 0.3) is 0 Å². The largest absolute Gasteiger partial charge is 0.462 e. The van der Waals surface area contributed by atoms with Gasteiger partial charge < -0.3 is 36.6 Å². The average molecular weight is 649 g/mol. The summed E-state index contributed by atoms with van der Waals surface area (Å²) in [5, 5.41) is 32.9. The van der Waals surface area contributed by atoms with Crippen molar-refractivity contribution in [3.05, 3.63) is 0 Å². The third-order valence-electron chi connectivity index (χ3n) is 13.8. The van der Waals surface area contributed by atoms with Crippen molar-refractivity contribution in [2.45, 2.75) is 125 Å². The van der Waals surface area contributed by atoms with Gasteiger partial charge in [0.25, 0.3) is 0 Å². The minimum atomic E-state index is -0.492. The van der Waals surface area contributed by atoms with Crippen molar-refractivity contribution >= 4 is 11.9 Å². The summed E-state index contributed by atoms with van der Waals surface area (Å²) < 4.78 is 6.19. The first-order chi connectivity index (χ1) is 21.7. The Labute approximate surface area is 279 Å². The summed E-state index contributed by atoms with van der Waals surface area (Å²) in [6, 6.07) is 0. The standard InChI is InChI=1S/C37H68N4O5/c1-23(2)9-8-10-26(34(45)41-20-19-40-18-17-39-16-15-38)32-28-21-30(44)33-35(5)13-12-29(43)24(3)27(35)11-14-36(33,6)37(28,7)22-31(32)46-25(4)42/h23-24,26-33,39-40,43-44H,8-22,38H2,1-7H3,(H,41,45)/t24-,26-,27?,28?,29+,30+,31-,32-,33?,35-,36-,37-/m0/s1. The van der Waals surface area contributed by atoms with Crippen LogP contribution < -0.4 is 21.7 Å². The van der Waals surface area contributed by atoms with Crippen LogP contribution in [0.2, 0.25) is 0 Å². The zero-order valence-corrected chi connectivity index (χ0v) is 30.1. The van der Waals surface area contributed by atoms with Crippen LogP contribution in [-0.2, 0) is 14.3 Å². The maximum absolute atomic E-state index is 14.1. The minimum absolute atomic E-state index is 0.0470. The summed E-state index contributed by atoms with van der Waals surface area (Å²) in [5.41, 5.74) is 5.13. The molecular weight excluding hydrogens is 580 g/mol. The van der Waals surface area contributed by atoms with Gasteiger partial charge in [0.2, 0.25) is 5.91 Å². The highest BCUT2D eigenvalue weighted by Crippen LogP contribution is 2.74. The van der Waals surface area contributed by atoms with Crippen LogP contribution in [0.3, 0.4) is 0 Å². The van der Waals surface area contributed by atoms with Crippen molar-refractivity contribution in [2.24, 2.45) is 63.4 Å². The summed E-state index contributed by atoms with van der Waals surface area (Å²) in [7, 11) is 0. The lowest BCUT2D eigenvalue weighted by Gasteiger charge is -2.69. The average Bonchev–Trinajstić information content (AvgIpc) is 3.25. The highest BCUT2D eigenvalue weighted by atomic mass is 16.5. The van der Waals surface area contributed by atoms with Gasteiger partial charge in [0.1, 0.15) is 6.10 Å². The minimum Gasteiger partial charge on any atom is -0.462 e. The number of rotatable bonds is 15. The number of nitrogens with one attached hydrogen (secondary N) is 3. The summed E-state index contributed by atoms with van der Waals surface area (Å²) in [4.78, 5) is 26.8. The van der Waals surface area contributed by atoms with E-state index < -0.39 is 6.10 Å². The molecule has 9 nitrogen and oxygen atoms in total. The number of carbonyl (C=O) groups is 2. The molecule has 0 heterocycles. The molecule has 4 rings (SSSR count). The normalized spacial score (nSPS) is 40.9. The van der Waals surface area contributed by atoms with E-state index in [-0.39, 0.29) is 69.9 Å². The van der Waals surface area contributed by atoms with E-state index in [0.29, 0.717) is 37.9 Å². The van der Waals surface area contributed by atoms with Gasteiger partial charge in [0.05, 0.1) is 12.2 Å². The third-order valence-corrected chi connectivity index (χ3v) is 13.8. The van der Waals surface area contributed by atoms with E-state index in [1.54, 1.807) is 0 Å². The van der Waals surface area contributed by atoms with E-state index in [4.69, 9.17) is 10.5 Å². The van der Waals surface area contributed by atoms with Crippen molar-refractivity contribution in [1.29, 1.82) is 0 Å². The summed E-state index contributed by atoms with van der Waals surface area (Å²) in [5.74, 6) is 0.644. The van der Waals surface area contributed by atoms with E-state index in [0.717, 1.165) is 71.0 Å². The molecule has 0 saturated heterocycles. The van der Waals surface area contributed by atoms with E-state index in [9.17, 15) is 19.8 Å². The van der Waals surface area contributed by atoms with Crippen molar-refractivity contribution < 1.29 is 24.5 Å². The number of esters is 1. The van der Waals surface area contributed by atoms with Crippen LogP contribution in [0.4, 0.5) is 0 Å². The van der Waals surface area contributed by atoms with Crippen LogP contribution in [-0.4, -0.2) is 79.7 Å². The molecule has 0 aliphatic heterocycles. The smallest absolute Gasteiger partial charge is 0.302 e. The van der Waals surface area contributed by atoms with E-state index in [1.165, 1.54) is 6.92 Å². The maximum atomic E-state index is 14.1. The Morgan fingerprint density at radius 1 is 0.913 bits per heavy atom. The fourth-order valence-electron chi connectivity index (χ4n) is 11.5. The number of aliphatic hydroxyl groups is 2. The molecule has 7 N–H and O–H groups in total. The molecule has 4 fully saturated rings. The van der Waals surface area contributed by atoms with Crippen molar-refractivity contribution in [3.63, 3.8) is 0 Å². The molecule has 4 aliphatic carbocycles. The monoisotopic (exact) mass is 649 g/mol. The van der Waals surface area contributed by atoms with Gasteiger partial charge in [-0.3, -0.25) is 9.59 Å². The predicted octanol–water partition coefficient (Wildman–Crippen LogP) is 3.85. The highest BCUT2D eigenvalue weighted by molar-refractivity contribution is 5.79. The summed E-state index contributed by atoms with van der Waals surface area (Å²) in [6.07, 6.45) is 6.69. The van der Waals surface area contributed by atoms with Gasteiger partial charge >= 0.3 is 5.97 Å². The van der Waals surface area contributed by atoms with Crippen molar-refractivity contribution in [3.8, 4) is 0 Å². The van der Waals surface area contributed by atoms with Gasteiger partial charge in [0, 0.05) is 58.0 Å². The second-order valence-electron chi connectivity index (χ2n) is 16.8. The molecule has 0 aromatic heterocycles. The Balaban J connectivity index is 1.61. The van der Waals surface area contributed by atoms with E-state index >= 15 is 0 Å². The summed E-state index contributed by atoms with van der Waals surface area (Å²) in [6.45, 7) is 19.6. The van der Waals surface area contributed by atoms with Gasteiger partial charge in [-0.2, -0.15) is 0 Å². The van der Waals surface area contributed by atoms with Crippen LogP contribution in [0.1, 0.15) is 106 Å². The SMILES string of the molecule is CC(=O)O[C@H]1C[C@@]2(C)C(C[C@@H](O)C3[C@@]4(C)CC[C@@H](O)[C@@H](C)C4CC[C@@]32C)[C@@H]1[C@H](CCCC(C)C)C(=O)NCCNCCNCCN. The molecule has 266 valence electrons. The van der Waals surface area contributed by atoms with E-state index in [2.05, 4.69) is 57.5 Å². The van der Waals surface area contributed by atoms with Crippen LogP contribution in [0, 0.1) is 57.7 Å². The second kappa shape index (κ2) is 15.5. The van der Waals surface area contributed by atoms with Gasteiger partial charge in [-0.15, -0.1) is 0 Å². The number of hydrogen-bond donors (Lipinski definition) is 6. The molecule has 9 heteroatoms. The lowest BCUT2D eigenvalue weighted by atomic mass is 9.36. The predicted molar refractivity (Wildman–Crippen MR) is 183 cm³/mol. The number of fused-ring (bicyclic) bond motifs is 5. The Kier molecular flexibility index (Phi) is 12.7. The Morgan fingerprint density at radius 3 is 2.24 bits per heavy atom. The topological polar surface area (TPSA) is 146 Å². The molecule has 0 bridgehead atoms. The molecule has 0 spiro atoms. The number of amides is 1.